The van der Waals surface area contributed by atoms with Gasteiger partial charge in [-0.3, -0.25) is 0 Å². The summed E-state index contributed by atoms with van der Waals surface area (Å²) >= 11 is 0. The molecular weight excluding hydrogens is 216 g/mol. The maximum atomic E-state index is 13.2. The summed E-state index contributed by atoms with van der Waals surface area (Å²) in [7, 11) is 1.18. The van der Waals surface area contributed by atoms with Crippen LogP contribution in [0.4, 0.5) is 8.78 Å². The van der Waals surface area contributed by atoms with Crippen LogP contribution in [0.3, 0.4) is 0 Å². The maximum absolute atomic E-state index is 13.2. The third-order valence-corrected chi connectivity index (χ3v) is 1.65. The Kier molecular flexibility index (Phi) is 4.13. The van der Waals surface area contributed by atoms with E-state index in [9.17, 15) is 8.78 Å². The zero-order valence-corrected chi connectivity index (χ0v) is 8.37. The summed E-state index contributed by atoms with van der Waals surface area (Å²) in [5.41, 5.74) is 8.13. The normalized spacial score (nSPS) is 8.69. The fourth-order valence-electron chi connectivity index (χ4n) is 1.04. The first-order valence-electron chi connectivity index (χ1n) is 4.21. The van der Waals surface area contributed by atoms with E-state index < -0.39 is 17.4 Å². The summed E-state index contributed by atoms with van der Waals surface area (Å²) < 4.78 is 30.9. The van der Waals surface area contributed by atoms with Gasteiger partial charge in [-0.15, -0.1) is 0 Å². The molecule has 1 rings (SSSR count). The molecule has 1 aromatic rings. The van der Waals surface area contributed by atoms with Gasteiger partial charge in [-0.2, -0.15) is 0 Å². The molecule has 16 heavy (non-hydrogen) atoms. The van der Waals surface area contributed by atoms with Crippen LogP contribution in [0.2, 0.25) is 0 Å². The van der Waals surface area contributed by atoms with Crippen molar-refractivity contribution in [3.05, 3.63) is 39.8 Å². The average Bonchev–Trinajstić information content (AvgIpc) is 2.24. The lowest BCUT2D eigenvalue weighted by Gasteiger charge is -2.03. The van der Waals surface area contributed by atoms with E-state index in [4.69, 9.17) is 5.53 Å². The minimum absolute atomic E-state index is 0.0498. The summed E-state index contributed by atoms with van der Waals surface area (Å²) in [5, 5.41) is 3.16. The van der Waals surface area contributed by atoms with E-state index in [1.165, 1.54) is 7.11 Å². The van der Waals surface area contributed by atoms with Crippen molar-refractivity contribution in [3.8, 4) is 17.6 Å². The Labute approximate surface area is 90.5 Å². The van der Waals surface area contributed by atoms with E-state index in [1.807, 2.05) is 0 Å². The molecule has 0 amide bonds. The highest BCUT2D eigenvalue weighted by molar-refractivity contribution is 5.40. The van der Waals surface area contributed by atoms with Gasteiger partial charge in [0.25, 0.3) is 0 Å². The van der Waals surface area contributed by atoms with Crippen molar-refractivity contribution in [1.29, 1.82) is 0 Å². The third-order valence-electron chi connectivity index (χ3n) is 1.65. The number of halogens is 2. The van der Waals surface area contributed by atoms with Crippen LogP contribution in [0.1, 0.15) is 5.56 Å². The van der Waals surface area contributed by atoms with Crippen molar-refractivity contribution in [2.24, 2.45) is 5.11 Å². The van der Waals surface area contributed by atoms with Gasteiger partial charge < -0.3 is 4.74 Å². The van der Waals surface area contributed by atoms with E-state index in [2.05, 4.69) is 26.6 Å². The molecule has 0 heterocycles. The molecule has 4 nitrogen and oxygen atoms in total. The molecular formula is C10H7F2N3O. The first-order valence-corrected chi connectivity index (χ1v) is 4.21. The van der Waals surface area contributed by atoms with Crippen LogP contribution < -0.4 is 4.74 Å². The molecule has 0 aliphatic rings. The molecule has 0 aliphatic carbocycles. The van der Waals surface area contributed by atoms with Crippen LogP contribution in [0.15, 0.2) is 17.2 Å². The quantitative estimate of drug-likeness (QED) is 0.329. The molecule has 0 aliphatic heterocycles. The van der Waals surface area contributed by atoms with Crippen LogP contribution in [-0.4, -0.2) is 13.7 Å². The van der Waals surface area contributed by atoms with Gasteiger partial charge in [0.2, 0.25) is 0 Å². The Hall–Kier alpha value is -2.25. The number of methoxy groups -OCH3 is 1. The smallest absolute Gasteiger partial charge is 0.190 e. The number of benzene rings is 1. The van der Waals surface area contributed by atoms with E-state index in [0.29, 0.717) is 0 Å². The summed E-state index contributed by atoms with van der Waals surface area (Å²) in [6.45, 7) is -0.0498. The number of azide groups is 1. The van der Waals surface area contributed by atoms with Crippen LogP contribution in [0, 0.1) is 23.5 Å². The summed E-state index contributed by atoms with van der Waals surface area (Å²) in [6, 6.07) is 2.09. The van der Waals surface area contributed by atoms with Crippen molar-refractivity contribution >= 4 is 0 Å². The van der Waals surface area contributed by atoms with Crippen LogP contribution in [0.5, 0.6) is 5.75 Å². The highest BCUT2D eigenvalue weighted by Gasteiger charge is 2.10. The second-order valence-corrected chi connectivity index (χ2v) is 2.66. The third kappa shape index (κ3) is 2.87. The van der Waals surface area contributed by atoms with E-state index in [1.54, 1.807) is 0 Å². The second-order valence-electron chi connectivity index (χ2n) is 2.66. The van der Waals surface area contributed by atoms with Gasteiger partial charge in [0.15, 0.2) is 17.4 Å². The average molecular weight is 223 g/mol. The zero-order chi connectivity index (χ0) is 12.0. The predicted molar refractivity (Wildman–Crippen MR) is 53.8 cm³/mol. The monoisotopic (exact) mass is 223 g/mol. The van der Waals surface area contributed by atoms with Crippen molar-refractivity contribution in [1.82, 2.24) is 0 Å². The molecule has 0 spiro atoms. The molecule has 0 aromatic heterocycles. The van der Waals surface area contributed by atoms with Gasteiger partial charge in [0, 0.05) is 10.5 Å². The lowest BCUT2D eigenvalue weighted by Crippen LogP contribution is -1.93. The van der Waals surface area contributed by atoms with Gasteiger partial charge in [0.1, 0.15) is 0 Å². The Morgan fingerprint density at radius 2 is 2.06 bits per heavy atom. The van der Waals surface area contributed by atoms with Crippen molar-refractivity contribution in [2.45, 2.75) is 0 Å². The summed E-state index contributed by atoms with van der Waals surface area (Å²) in [5.74, 6) is 2.82. The standard InChI is InChI=1S/C10H7F2N3O/c1-16-10-8(11)5-7(6-9(10)12)3-2-4-14-15-13/h5-6H,4H2,1H3. The molecule has 82 valence electrons. The van der Waals surface area contributed by atoms with E-state index in [0.717, 1.165) is 12.1 Å². The molecule has 0 unspecified atom stereocenters. The highest BCUT2D eigenvalue weighted by atomic mass is 19.1. The molecule has 1 aromatic carbocycles. The Morgan fingerprint density at radius 3 is 2.56 bits per heavy atom. The minimum atomic E-state index is -0.824. The van der Waals surface area contributed by atoms with E-state index >= 15 is 0 Å². The van der Waals surface area contributed by atoms with Gasteiger partial charge in [-0.25, -0.2) is 8.78 Å². The molecule has 0 N–H and O–H groups in total. The zero-order valence-electron chi connectivity index (χ0n) is 8.37. The molecule has 0 saturated carbocycles. The van der Waals surface area contributed by atoms with Gasteiger partial charge in [0.05, 0.1) is 13.7 Å². The largest absolute Gasteiger partial charge is 0.491 e. The van der Waals surface area contributed by atoms with Crippen LogP contribution in [0.25, 0.3) is 10.4 Å². The molecule has 0 bridgehead atoms. The summed E-state index contributed by atoms with van der Waals surface area (Å²) in [4.78, 5) is 2.48. The number of hydrogen-bond donors (Lipinski definition) is 0. The van der Waals surface area contributed by atoms with Crippen LogP contribution in [-0.2, 0) is 0 Å². The number of rotatable bonds is 2. The van der Waals surface area contributed by atoms with Crippen molar-refractivity contribution < 1.29 is 13.5 Å². The van der Waals surface area contributed by atoms with Crippen molar-refractivity contribution in [3.63, 3.8) is 0 Å². The molecule has 0 radical (unpaired) electrons. The molecule has 0 atom stereocenters. The van der Waals surface area contributed by atoms with Crippen molar-refractivity contribution in [2.75, 3.05) is 13.7 Å². The maximum Gasteiger partial charge on any atom is 0.190 e. The van der Waals surface area contributed by atoms with E-state index in [-0.39, 0.29) is 12.1 Å². The number of ether oxygens (including phenoxy) is 1. The summed E-state index contributed by atoms with van der Waals surface area (Å²) in [6.07, 6.45) is 0. The number of nitrogens with zero attached hydrogens (tertiary/aromatic N) is 3. The van der Waals surface area contributed by atoms with Gasteiger partial charge in [-0.1, -0.05) is 17.0 Å². The molecule has 0 fully saturated rings. The number of hydrogen-bond acceptors (Lipinski definition) is 2. The van der Waals surface area contributed by atoms with Gasteiger partial charge in [-0.05, 0) is 17.7 Å². The van der Waals surface area contributed by atoms with Gasteiger partial charge >= 0.3 is 0 Å². The highest BCUT2D eigenvalue weighted by Crippen LogP contribution is 2.22. The topological polar surface area (TPSA) is 58.0 Å². The van der Waals surface area contributed by atoms with Crippen LogP contribution >= 0.6 is 0 Å². The second kappa shape index (κ2) is 5.59. The Balaban J connectivity index is 2.98. The molecule has 0 saturated heterocycles. The fourth-order valence-corrected chi connectivity index (χ4v) is 1.04. The first kappa shape index (κ1) is 11.8. The molecule has 6 heteroatoms. The first-order chi connectivity index (χ1) is 7.69. The Morgan fingerprint density at radius 1 is 1.44 bits per heavy atom. The lowest BCUT2D eigenvalue weighted by molar-refractivity contribution is 0.359. The predicted octanol–water partition coefficient (Wildman–Crippen LogP) is 2.64. The minimum Gasteiger partial charge on any atom is -0.491 e. The Bertz CT molecular complexity index is 476. The fraction of sp³-hybridized carbons (Fsp3) is 0.200. The SMILES string of the molecule is COc1c(F)cc(C#CCN=[N+]=[N-])cc1F. The lowest BCUT2D eigenvalue weighted by atomic mass is 10.2.